The zero-order valence-corrected chi connectivity index (χ0v) is 26.3. The van der Waals surface area contributed by atoms with Crippen LogP contribution < -0.4 is 5.32 Å². The standard InChI is InChI=1S/C29H41BrN2O5Si/c1-28(2,3)36-27(35)32-18-20-12-10-9-11-19(20)15-23(32)25(37-38(7,8)29(4,5)6)17-31-26(34)22-14-13-21(30)16-24(22)33/h9-14,16,23,25,33H,15,17-18H2,1-8H3,(H,31,34)/t23?,25-/m1/s1. The van der Waals surface area contributed by atoms with Gasteiger partial charge in [0.25, 0.3) is 5.91 Å². The van der Waals surface area contributed by atoms with E-state index in [4.69, 9.17) is 9.16 Å². The molecule has 2 aromatic rings. The zero-order chi connectivity index (χ0) is 28.5. The number of halogens is 1. The number of phenols is 1. The lowest BCUT2D eigenvalue weighted by Gasteiger charge is -2.46. The molecule has 0 fully saturated rings. The highest BCUT2D eigenvalue weighted by atomic mass is 79.9. The summed E-state index contributed by atoms with van der Waals surface area (Å²) in [6.07, 6.45) is -0.315. The number of benzene rings is 2. The van der Waals surface area contributed by atoms with Gasteiger partial charge in [0, 0.05) is 17.6 Å². The molecule has 1 heterocycles. The minimum atomic E-state index is -2.31. The van der Waals surface area contributed by atoms with Crippen LogP contribution in [0.25, 0.3) is 0 Å². The van der Waals surface area contributed by atoms with E-state index < -0.39 is 32.0 Å². The van der Waals surface area contributed by atoms with E-state index in [0.29, 0.717) is 17.4 Å². The summed E-state index contributed by atoms with van der Waals surface area (Å²) in [5.74, 6) is -0.514. The summed E-state index contributed by atoms with van der Waals surface area (Å²) in [6.45, 7) is 16.9. The molecule has 1 unspecified atom stereocenters. The maximum Gasteiger partial charge on any atom is 0.410 e. The molecule has 3 rings (SSSR count). The number of nitrogens with zero attached hydrogens (tertiary/aromatic N) is 1. The molecule has 1 aliphatic rings. The summed E-state index contributed by atoms with van der Waals surface area (Å²) >= 11 is 3.31. The van der Waals surface area contributed by atoms with Gasteiger partial charge in [-0.2, -0.15) is 0 Å². The quantitative estimate of drug-likeness (QED) is 0.361. The molecule has 0 bridgehead atoms. The van der Waals surface area contributed by atoms with Crippen molar-refractivity contribution in [3.05, 3.63) is 63.6 Å². The topological polar surface area (TPSA) is 88.1 Å². The number of phenolic OH excluding ortho intramolecular Hbond substituents is 1. The maximum absolute atomic E-state index is 13.5. The average Bonchev–Trinajstić information content (AvgIpc) is 2.78. The molecule has 0 saturated heterocycles. The van der Waals surface area contributed by atoms with Crippen LogP contribution in [0.1, 0.15) is 63.0 Å². The molecule has 2 atom stereocenters. The summed E-state index contributed by atoms with van der Waals surface area (Å²) in [5, 5.41) is 13.2. The SMILES string of the molecule is CC(C)(C)OC(=O)N1Cc2ccccc2CC1[C@@H](CNC(=O)c1ccc(Br)cc1O)O[Si](C)(C)C(C)(C)C. The first kappa shape index (κ1) is 30.2. The van der Waals surface area contributed by atoms with E-state index in [1.807, 2.05) is 39.0 Å². The van der Waals surface area contributed by atoms with Gasteiger partial charge in [-0.1, -0.05) is 61.0 Å². The molecule has 7 nitrogen and oxygen atoms in total. The summed E-state index contributed by atoms with van der Waals surface area (Å²) in [4.78, 5) is 28.3. The van der Waals surface area contributed by atoms with Gasteiger partial charge in [-0.3, -0.25) is 9.69 Å². The van der Waals surface area contributed by atoms with Crippen LogP contribution in [-0.4, -0.2) is 54.6 Å². The lowest BCUT2D eigenvalue weighted by Crippen LogP contribution is -2.58. The van der Waals surface area contributed by atoms with Crippen molar-refractivity contribution in [2.24, 2.45) is 0 Å². The van der Waals surface area contributed by atoms with Crippen molar-refractivity contribution in [1.82, 2.24) is 10.2 Å². The van der Waals surface area contributed by atoms with Crippen LogP contribution >= 0.6 is 15.9 Å². The second-order valence-electron chi connectivity index (χ2n) is 12.4. The Hall–Kier alpha value is -2.36. The predicted octanol–water partition coefficient (Wildman–Crippen LogP) is 6.64. The highest BCUT2D eigenvalue weighted by Crippen LogP contribution is 2.39. The number of carbonyl (C=O) groups is 2. The predicted molar refractivity (Wildman–Crippen MR) is 156 cm³/mol. The molecule has 0 aliphatic carbocycles. The molecule has 38 heavy (non-hydrogen) atoms. The van der Waals surface area contributed by atoms with Crippen molar-refractivity contribution >= 4 is 36.2 Å². The molecule has 2 aromatic carbocycles. The van der Waals surface area contributed by atoms with E-state index in [0.717, 1.165) is 11.1 Å². The molecular formula is C29H41BrN2O5Si. The summed E-state index contributed by atoms with van der Waals surface area (Å²) < 4.78 is 13.4. The summed E-state index contributed by atoms with van der Waals surface area (Å²) in [6, 6.07) is 12.5. The largest absolute Gasteiger partial charge is 0.507 e. The lowest BCUT2D eigenvalue weighted by atomic mass is 9.91. The number of aromatic hydroxyl groups is 1. The Labute approximate surface area is 236 Å². The minimum absolute atomic E-state index is 0.0808. The Kier molecular flexibility index (Phi) is 9.05. The third-order valence-electron chi connectivity index (χ3n) is 7.27. The summed E-state index contributed by atoms with van der Waals surface area (Å²) in [5.41, 5.74) is 1.75. The molecule has 208 valence electrons. The fraction of sp³-hybridized carbons (Fsp3) is 0.517. The van der Waals surface area contributed by atoms with Gasteiger partial charge in [-0.25, -0.2) is 4.79 Å². The van der Waals surface area contributed by atoms with Crippen LogP contribution in [0.15, 0.2) is 46.9 Å². The molecular weight excluding hydrogens is 564 g/mol. The van der Waals surface area contributed by atoms with Gasteiger partial charge in [-0.15, -0.1) is 0 Å². The lowest BCUT2D eigenvalue weighted by molar-refractivity contribution is -0.00881. The van der Waals surface area contributed by atoms with Crippen LogP contribution in [0.5, 0.6) is 5.75 Å². The third kappa shape index (κ3) is 7.39. The molecule has 0 aromatic heterocycles. The highest BCUT2D eigenvalue weighted by Gasteiger charge is 2.44. The van der Waals surface area contributed by atoms with Gasteiger partial charge >= 0.3 is 6.09 Å². The third-order valence-corrected chi connectivity index (χ3v) is 12.3. The Morgan fingerprint density at radius 3 is 2.32 bits per heavy atom. The van der Waals surface area contributed by atoms with Crippen molar-refractivity contribution in [1.29, 1.82) is 0 Å². The van der Waals surface area contributed by atoms with Crippen LogP contribution in [0.4, 0.5) is 4.79 Å². The molecule has 1 aliphatic heterocycles. The fourth-order valence-corrected chi connectivity index (χ4v) is 5.90. The van der Waals surface area contributed by atoms with Gasteiger partial charge in [0.1, 0.15) is 11.4 Å². The normalized spacial score (nSPS) is 17.0. The Balaban J connectivity index is 1.97. The average molecular weight is 606 g/mol. The van der Waals surface area contributed by atoms with Crippen molar-refractivity contribution in [2.45, 2.75) is 90.4 Å². The number of ether oxygens (including phenoxy) is 1. The van der Waals surface area contributed by atoms with Crippen molar-refractivity contribution in [3.8, 4) is 5.75 Å². The number of hydrogen-bond donors (Lipinski definition) is 2. The first-order valence-corrected chi connectivity index (χ1v) is 16.7. The van der Waals surface area contributed by atoms with Gasteiger partial charge in [-0.05, 0) is 74.7 Å². The van der Waals surface area contributed by atoms with Crippen LogP contribution in [0.3, 0.4) is 0 Å². The minimum Gasteiger partial charge on any atom is -0.507 e. The molecule has 2 amide bonds. The molecule has 0 radical (unpaired) electrons. The molecule has 0 saturated carbocycles. The number of fused-ring (bicyclic) bond motifs is 1. The zero-order valence-electron chi connectivity index (χ0n) is 23.7. The van der Waals surface area contributed by atoms with E-state index in [9.17, 15) is 14.7 Å². The summed E-state index contributed by atoms with van der Waals surface area (Å²) in [7, 11) is -2.31. The second-order valence-corrected chi connectivity index (χ2v) is 18.1. The van der Waals surface area contributed by atoms with Crippen molar-refractivity contribution in [2.75, 3.05) is 6.54 Å². The highest BCUT2D eigenvalue weighted by molar-refractivity contribution is 9.10. The second kappa shape index (κ2) is 11.4. The first-order chi connectivity index (χ1) is 17.5. The first-order valence-electron chi connectivity index (χ1n) is 13.0. The molecule has 9 heteroatoms. The van der Waals surface area contributed by atoms with Crippen molar-refractivity contribution < 1.29 is 23.9 Å². The van der Waals surface area contributed by atoms with E-state index in [1.54, 1.807) is 17.0 Å². The number of rotatable bonds is 6. The Bertz CT molecular complexity index is 1170. The number of amides is 2. The van der Waals surface area contributed by atoms with E-state index >= 15 is 0 Å². The Morgan fingerprint density at radius 2 is 1.74 bits per heavy atom. The van der Waals surface area contributed by atoms with E-state index in [-0.39, 0.29) is 28.9 Å². The maximum atomic E-state index is 13.5. The van der Waals surface area contributed by atoms with E-state index in [1.165, 1.54) is 6.07 Å². The smallest absolute Gasteiger partial charge is 0.410 e. The fourth-order valence-electron chi connectivity index (χ4n) is 4.20. The van der Waals surface area contributed by atoms with E-state index in [2.05, 4.69) is 61.2 Å². The molecule has 0 spiro atoms. The van der Waals surface area contributed by atoms with Gasteiger partial charge < -0.3 is 19.6 Å². The monoisotopic (exact) mass is 604 g/mol. The van der Waals surface area contributed by atoms with Gasteiger partial charge in [0.05, 0.1) is 17.7 Å². The van der Waals surface area contributed by atoms with Crippen LogP contribution in [0, 0.1) is 0 Å². The van der Waals surface area contributed by atoms with Crippen molar-refractivity contribution in [3.63, 3.8) is 0 Å². The van der Waals surface area contributed by atoms with Crippen LogP contribution in [0.2, 0.25) is 18.1 Å². The van der Waals surface area contributed by atoms with Gasteiger partial charge in [0.15, 0.2) is 8.32 Å². The molecule has 2 N–H and O–H groups in total. The number of carbonyl (C=O) groups excluding carboxylic acids is 2. The van der Waals surface area contributed by atoms with Crippen LogP contribution in [-0.2, 0) is 22.1 Å². The number of nitrogens with one attached hydrogen (secondary N) is 1. The Morgan fingerprint density at radius 1 is 1.11 bits per heavy atom. The van der Waals surface area contributed by atoms with Gasteiger partial charge in [0.2, 0.25) is 0 Å². The number of hydrogen-bond acceptors (Lipinski definition) is 5.